The predicted octanol–water partition coefficient (Wildman–Crippen LogP) is 4.10. The van der Waals surface area contributed by atoms with E-state index in [4.69, 9.17) is 0 Å². The van der Waals surface area contributed by atoms with Crippen molar-refractivity contribution in [2.45, 2.75) is 52.5 Å². The molecule has 0 aromatic carbocycles. The molecule has 1 aromatic rings. The van der Waals surface area contributed by atoms with Gasteiger partial charge in [0.15, 0.2) is 0 Å². The van der Waals surface area contributed by atoms with Crippen LogP contribution in [0.3, 0.4) is 0 Å². The van der Waals surface area contributed by atoms with Gasteiger partial charge < -0.3 is 5.32 Å². The van der Waals surface area contributed by atoms with Crippen molar-refractivity contribution in [1.82, 2.24) is 5.32 Å². The largest absolute Gasteiger partial charge is 0.313 e. The maximum absolute atomic E-state index is 3.75. The summed E-state index contributed by atoms with van der Waals surface area (Å²) in [6, 6.07) is 2.97. The van der Waals surface area contributed by atoms with Crippen molar-refractivity contribution in [3.63, 3.8) is 0 Å². The second kappa shape index (κ2) is 5.53. The molecule has 0 spiro atoms. The van der Waals surface area contributed by atoms with Crippen LogP contribution in [0.15, 0.2) is 16.8 Å². The molecule has 2 rings (SSSR count). The first-order valence-electron chi connectivity index (χ1n) is 6.81. The number of nitrogens with one attached hydrogen (secondary N) is 1. The molecule has 1 fully saturated rings. The van der Waals surface area contributed by atoms with E-state index in [1.807, 2.05) is 0 Å². The summed E-state index contributed by atoms with van der Waals surface area (Å²) in [7, 11) is 0. The molecule has 0 aliphatic heterocycles. The number of rotatable bonds is 4. The summed E-state index contributed by atoms with van der Waals surface area (Å²) in [5, 5.41) is 8.18. The third-order valence-electron chi connectivity index (χ3n) is 4.09. The van der Waals surface area contributed by atoms with Crippen LogP contribution in [0, 0.1) is 11.3 Å². The summed E-state index contributed by atoms with van der Waals surface area (Å²) in [6.07, 6.45) is 5.25. The molecule has 1 aliphatic rings. The lowest BCUT2D eigenvalue weighted by Gasteiger charge is -2.39. The Morgan fingerprint density at radius 2 is 2.29 bits per heavy atom. The summed E-state index contributed by atoms with van der Waals surface area (Å²) >= 11 is 1.80. The highest BCUT2D eigenvalue weighted by Gasteiger charge is 2.31. The SMILES string of the molecule is CC1CC(C)(C)CCC1NCCc1ccsc1. The van der Waals surface area contributed by atoms with Crippen LogP contribution in [-0.2, 0) is 6.42 Å². The molecule has 1 saturated carbocycles. The smallest absolute Gasteiger partial charge is 0.00932 e. The van der Waals surface area contributed by atoms with Gasteiger partial charge in [0.2, 0.25) is 0 Å². The minimum absolute atomic E-state index is 0.560. The first kappa shape index (κ1) is 13.1. The summed E-state index contributed by atoms with van der Waals surface area (Å²) < 4.78 is 0. The Morgan fingerprint density at radius 3 is 2.94 bits per heavy atom. The Morgan fingerprint density at radius 1 is 1.47 bits per heavy atom. The van der Waals surface area contributed by atoms with Gasteiger partial charge in [-0.25, -0.2) is 0 Å². The number of thiophene rings is 1. The lowest BCUT2D eigenvalue weighted by atomic mass is 9.70. The van der Waals surface area contributed by atoms with Crippen LogP contribution in [0.5, 0.6) is 0 Å². The molecular weight excluding hydrogens is 226 g/mol. The highest BCUT2D eigenvalue weighted by Crippen LogP contribution is 2.38. The fraction of sp³-hybridized carbons (Fsp3) is 0.733. The van der Waals surface area contributed by atoms with Gasteiger partial charge in [-0.1, -0.05) is 20.8 Å². The molecule has 0 saturated heterocycles. The number of hydrogen-bond donors (Lipinski definition) is 1. The van der Waals surface area contributed by atoms with E-state index in [-0.39, 0.29) is 0 Å². The molecule has 0 bridgehead atoms. The third kappa shape index (κ3) is 3.82. The summed E-state index contributed by atoms with van der Waals surface area (Å²) in [5.74, 6) is 0.821. The topological polar surface area (TPSA) is 12.0 Å². The molecule has 17 heavy (non-hydrogen) atoms. The van der Waals surface area contributed by atoms with E-state index in [0.29, 0.717) is 5.41 Å². The van der Waals surface area contributed by atoms with E-state index in [0.717, 1.165) is 18.5 Å². The fourth-order valence-corrected chi connectivity index (χ4v) is 3.79. The Kier molecular flexibility index (Phi) is 4.26. The maximum Gasteiger partial charge on any atom is 0.00932 e. The zero-order chi connectivity index (χ0) is 12.3. The molecular formula is C15H25NS. The molecule has 1 N–H and O–H groups in total. The normalized spacial score (nSPS) is 28.2. The predicted molar refractivity (Wildman–Crippen MR) is 76.6 cm³/mol. The minimum atomic E-state index is 0.560. The zero-order valence-corrected chi connectivity index (χ0v) is 12.1. The molecule has 1 aliphatic carbocycles. The molecule has 2 atom stereocenters. The standard InChI is InChI=1S/C15H25NS/c1-12-10-15(2,3)7-4-14(12)16-8-5-13-6-9-17-11-13/h6,9,11-12,14,16H,4-5,7-8,10H2,1-3H3. The molecule has 2 heteroatoms. The van der Waals surface area contributed by atoms with E-state index in [2.05, 4.69) is 42.9 Å². The highest BCUT2D eigenvalue weighted by molar-refractivity contribution is 7.07. The van der Waals surface area contributed by atoms with E-state index in [1.165, 1.54) is 31.2 Å². The lowest BCUT2D eigenvalue weighted by Crippen LogP contribution is -2.42. The Balaban J connectivity index is 1.73. The van der Waals surface area contributed by atoms with E-state index < -0.39 is 0 Å². The van der Waals surface area contributed by atoms with E-state index >= 15 is 0 Å². The lowest BCUT2D eigenvalue weighted by molar-refractivity contribution is 0.149. The van der Waals surface area contributed by atoms with Gasteiger partial charge in [0.25, 0.3) is 0 Å². The van der Waals surface area contributed by atoms with Gasteiger partial charge in [-0.3, -0.25) is 0 Å². The van der Waals surface area contributed by atoms with Crippen molar-refractivity contribution in [3.8, 4) is 0 Å². The van der Waals surface area contributed by atoms with Crippen molar-refractivity contribution in [3.05, 3.63) is 22.4 Å². The maximum atomic E-state index is 3.75. The first-order valence-corrected chi connectivity index (χ1v) is 7.75. The van der Waals surface area contributed by atoms with Crippen molar-refractivity contribution >= 4 is 11.3 Å². The van der Waals surface area contributed by atoms with Gasteiger partial charge in [-0.15, -0.1) is 0 Å². The molecule has 1 aromatic heterocycles. The second-order valence-electron chi connectivity index (χ2n) is 6.33. The quantitative estimate of drug-likeness (QED) is 0.849. The summed E-state index contributed by atoms with van der Waals surface area (Å²) in [6.45, 7) is 8.35. The van der Waals surface area contributed by atoms with Crippen LogP contribution in [0.25, 0.3) is 0 Å². The molecule has 0 amide bonds. The zero-order valence-electron chi connectivity index (χ0n) is 11.3. The fourth-order valence-electron chi connectivity index (χ4n) is 3.09. The Labute approximate surface area is 110 Å². The summed E-state index contributed by atoms with van der Waals surface area (Å²) in [4.78, 5) is 0. The monoisotopic (exact) mass is 251 g/mol. The molecule has 0 radical (unpaired) electrons. The van der Waals surface area contributed by atoms with Crippen LogP contribution in [0.2, 0.25) is 0 Å². The Bertz CT molecular complexity index is 329. The van der Waals surface area contributed by atoms with Gasteiger partial charge in [-0.2, -0.15) is 11.3 Å². The molecule has 1 nitrogen and oxygen atoms in total. The Hall–Kier alpha value is -0.340. The van der Waals surface area contributed by atoms with Crippen molar-refractivity contribution < 1.29 is 0 Å². The van der Waals surface area contributed by atoms with Crippen LogP contribution in [0.4, 0.5) is 0 Å². The third-order valence-corrected chi connectivity index (χ3v) is 4.83. The molecule has 2 unspecified atom stereocenters. The van der Waals surface area contributed by atoms with Gasteiger partial charge >= 0.3 is 0 Å². The minimum Gasteiger partial charge on any atom is -0.313 e. The average molecular weight is 251 g/mol. The van der Waals surface area contributed by atoms with Gasteiger partial charge in [0.1, 0.15) is 0 Å². The van der Waals surface area contributed by atoms with Crippen LogP contribution < -0.4 is 5.32 Å². The second-order valence-corrected chi connectivity index (χ2v) is 7.11. The van der Waals surface area contributed by atoms with Gasteiger partial charge in [0.05, 0.1) is 0 Å². The van der Waals surface area contributed by atoms with Crippen LogP contribution in [-0.4, -0.2) is 12.6 Å². The first-order chi connectivity index (χ1) is 8.07. The molecule has 96 valence electrons. The summed E-state index contributed by atoms with van der Waals surface area (Å²) in [5.41, 5.74) is 2.04. The van der Waals surface area contributed by atoms with E-state index in [9.17, 15) is 0 Å². The number of hydrogen-bond acceptors (Lipinski definition) is 2. The highest BCUT2D eigenvalue weighted by atomic mass is 32.1. The molecule has 1 heterocycles. The van der Waals surface area contributed by atoms with Crippen LogP contribution >= 0.6 is 11.3 Å². The van der Waals surface area contributed by atoms with Gasteiger partial charge in [0, 0.05) is 6.04 Å². The van der Waals surface area contributed by atoms with Crippen molar-refractivity contribution in [2.24, 2.45) is 11.3 Å². The van der Waals surface area contributed by atoms with Crippen molar-refractivity contribution in [2.75, 3.05) is 6.54 Å². The van der Waals surface area contributed by atoms with Gasteiger partial charge in [-0.05, 0) is 66.0 Å². The average Bonchev–Trinajstić information content (AvgIpc) is 2.73. The van der Waals surface area contributed by atoms with E-state index in [1.54, 1.807) is 11.3 Å². The van der Waals surface area contributed by atoms with Crippen LogP contribution in [0.1, 0.15) is 45.6 Å². The van der Waals surface area contributed by atoms with Crippen molar-refractivity contribution in [1.29, 1.82) is 0 Å².